The van der Waals surface area contributed by atoms with Crippen LogP contribution in [0.2, 0.25) is 0 Å². The Hall–Kier alpha value is -2.47. The van der Waals surface area contributed by atoms with Gasteiger partial charge in [-0.15, -0.1) is 11.3 Å². The third-order valence-corrected chi connectivity index (χ3v) is 4.60. The molecule has 1 unspecified atom stereocenters. The van der Waals surface area contributed by atoms with Crippen LogP contribution in [0.4, 0.5) is 0 Å². The molecule has 6 heteroatoms. The number of amides is 1. The fourth-order valence-electron chi connectivity index (χ4n) is 2.62. The van der Waals surface area contributed by atoms with Crippen molar-refractivity contribution in [1.29, 1.82) is 0 Å². The Balaban J connectivity index is 1.85. The van der Waals surface area contributed by atoms with Crippen molar-refractivity contribution in [2.75, 3.05) is 0 Å². The fourth-order valence-corrected chi connectivity index (χ4v) is 3.37. The van der Waals surface area contributed by atoms with Gasteiger partial charge in [0.1, 0.15) is 0 Å². The Kier molecular flexibility index (Phi) is 4.25. The first-order chi connectivity index (χ1) is 11.1. The van der Waals surface area contributed by atoms with Gasteiger partial charge in [0.15, 0.2) is 5.13 Å². The molecule has 3 aromatic rings. The summed E-state index contributed by atoms with van der Waals surface area (Å²) in [6.45, 7) is 5.89. The molecule has 0 spiro atoms. The molecule has 0 radical (unpaired) electrons. The number of carbonyl (C=O) groups is 1. The second kappa shape index (κ2) is 6.34. The standard InChI is InChI=1S/C17H18N4OS/c1-11-10-15(13(3)21(11)17-19-8-9-23-17)16(22)20-12(2)14-4-6-18-7-5-14/h4-10,12H,1-3H3,(H,20,22). The molecule has 0 saturated carbocycles. The highest BCUT2D eigenvalue weighted by molar-refractivity contribution is 7.12. The van der Waals surface area contributed by atoms with Gasteiger partial charge in [0.25, 0.3) is 5.91 Å². The zero-order valence-corrected chi connectivity index (χ0v) is 14.1. The first kappa shape index (κ1) is 15.4. The minimum atomic E-state index is -0.0785. The molecule has 0 saturated heterocycles. The highest BCUT2D eigenvalue weighted by atomic mass is 32.1. The monoisotopic (exact) mass is 326 g/mol. The number of thiazole rings is 1. The molecule has 5 nitrogen and oxygen atoms in total. The van der Waals surface area contributed by atoms with E-state index in [0.29, 0.717) is 5.56 Å². The number of hydrogen-bond donors (Lipinski definition) is 1. The second-order valence-corrected chi connectivity index (χ2v) is 6.28. The van der Waals surface area contributed by atoms with Crippen LogP contribution in [0, 0.1) is 13.8 Å². The van der Waals surface area contributed by atoms with E-state index in [1.54, 1.807) is 29.9 Å². The Labute approximate surface area is 139 Å². The summed E-state index contributed by atoms with van der Waals surface area (Å²) in [5, 5.41) is 5.85. The summed E-state index contributed by atoms with van der Waals surface area (Å²) < 4.78 is 2.01. The summed E-state index contributed by atoms with van der Waals surface area (Å²) in [7, 11) is 0. The number of nitrogens with zero attached hydrogens (tertiary/aromatic N) is 3. The zero-order valence-electron chi connectivity index (χ0n) is 13.3. The molecule has 1 atom stereocenters. The van der Waals surface area contributed by atoms with E-state index < -0.39 is 0 Å². The molecule has 1 amide bonds. The van der Waals surface area contributed by atoms with Gasteiger partial charge < -0.3 is 5.32 Å². The predicted octanol–water partition coefficient (Wildman–Crippen LogP) is 3.44. The van der Waals surface area contributed by atoms with E-state index in [1.165, 1.54) is 0 Å². The molecule has 0 bridgehead atoms. The predicted molar refractivity (Wildman–Crippen MR) is 91.0 cm³/mol. The number of carbonyl (C=O) groups excluding carboxylic acids is 1. The van der Waals surface area contributed by atoms with E-state index in [1.807, 2.05) is 48.9 Å². The Morgan fingerprint density at radius 2 is 2.00 bits per heavy atom. The van der Waals surface area contributed by atoms with Gasteiger partial charge in [-0.3, -0.25) is 14.3 Å². The van der Waals surface area contributed by atoms with Gasteiger partial charge >= 0.3 is 0 Å². The van der Waals surface area contributed by atoms with E-state index in [9.17, 15) is 4.79 Å². The van der Waals surface area contributed by atoms with Gasteiger partial charge in [-0.1, -0.05) is 0 Å². The number of pyridine rings is 1. The number of hydrogen-bond acceptors (Lipinski definition) is 4. The first-order valence-electron chi connectivity index (χ1n) is 7.37. The molecule has 0 aliphatic heterocycles. The van der Waals surface area contributed by atoms with Gasteiger partial charge in [-0.05, 0) is 44.5 Å². The van der Waals surface area contributed by atoms with Crippen molar-refractivity contribution >= 4 is 17.2 Å². The largest absolute Gasteiger partial charge is 0.345 e. The molecule has 1 N–H and O–H groups in total. The van der Waals surface area contributed by atoms with Crippen molar-refractivity contribution in [3.05, 3.63) is 64.7 Å². The van der Waals surface area contributed by atoms with E-state index in [4.69, 9.17) is 0 Å². The van der Waals surface area contributed by atoms with Crippen LogP contribution in [-0.4, -0.2) is 20.4 Å². The molecular weight excluding hydrogens is 308 g/mol. The first-order valence-corrected chi connectivity index (χ1v) is 8.25. The number of aromatic nitrogens is 3. The quantitative estimate of drug-likeness (QED) is 0.799. The summed E-state index contributed by atoms with van der Waals surface area (Å²) in [5.41, 5.74) is 3.61. The number of aryl methyl sites for hydroxylation is 1. The smallest absolute Gasteiger partial charge is 0.253 e. The fraction of sp³-hybridized carbons (Fsp3) is 0.235. The Bertz CT molecular complexity index is 809. The van der Waals surface area contributed by atoms with E-state index in [-0.39, 0.29) is 11.9 Å². The van der Waals surface area contributed by atoms with Gasteiger partial charge in [0, 0.05) is 35.4 Å². The van der Waals surface area contributed by atoms with Crippen molar-refractivity contribution in [2.45, 2.75) is 26.8 Å². The van der Waals surface area contributed by atoms with Crippen molar-refractivity contribution in [3.63, 3.8) is 0 Å². The molecule has 118 valence electrons. The van der Waals surface area contributed by atoms with Gasteiger partial charge in [0.05, 0.1) is 11.6 Å². The molecule has 0 aliphatic rings. The van der Waals surface area contributed by atoms with E-state index in [2.05, 4.69) is 15.3 Å². The Morgan fingerprint density at radius 1 is 1.26 bits per heavy atom. The van der Waals surface area contributed by atoms with Gasteiger partial charge in [-0.25, -0.2) is 4.98 Å². The molecule has 23 heavy (non-hydrogen) atoms. The molecule has 3 rings (SSSR count). The van der Waals surface area contributed by atoms with Crippen LogP contribution >= 0.6 is 11.3 Å². The van der Waals surface area contributed by atoms with Crippen LogP contribution in [0.15, 0.2) is 42.2 Å². The topological polar surface area (TPSA) is 59.8 Å². The van der Waals surface area contributed by atoms with Gasteiger partial charge in [0.2, 0.25) is 0 Å². The highest BCUT2D eigenvalue weighted by Gasteiger charge is 2.19. The molecule has 3 aromatic heterocycles. The van der Waals surface area contributed by atoms with Crippen molar-refractivity contribution in [3.8, 4) is 5.13 Å². The summed E-state index contributed by atoms with van der Waals surface area (Å²) in [6.07, 6.45) is 5.22. The minimum Gasteiger partial charge on any atom is -0.345 e. The van der Waals surface area contributed by atoms with Crippen LogP contribution < -0.4 is 5.32 Å². The van der Waals surface area contributed by atoms with Crippen LogP contribution in [0.5, 0.6) is 0 Å². The van der Waals surface area contributed by atoms with Crippen LogP contribution in [0.3, 0.4) is 0 Å². The Morgan fingerprint density at radius 3 is 2.65 bits per heavy atom. The second-order valence-electron chi connectivity index (χ2n) is 5.41. The zero-order chi connectivity index (χ0) is 16.4. The van der Waals surface area contributed by atoms with E-state index in [0.717, 1.165) is 22.1 Å². The van der Waals surface area contributed by atoms with Crippen LogP contribution in [-0.2, 0) is 0 Å². The van der Waals surface area contributed by atoms with E-state index >= 15 is 0 Å². The maximum absolute atomic E-state index is 12.6. The molecular formula is C17H18N4OS. The van der Waals surface area contributed by atoms with Gasteiger partial charge in [-0.2, -0.15) is 0 Å². The normalized spacial score (nSPS) is 12.1. The summed E-state index contributed by atoms with van der Waals surface area (Å²) in [6, 6.07) is 5.65. The molecule has 0 aromatic carbocycles. The number of rotatable bonds is 4. The van der Waals surface area contributed by atoms with Crippen molar-refractivity contribution in [1.82, 2.24) is 19.9 Å². The minimum absolute atomic E-state index is 0.0755. The highest BCUT2D eigenvalue weighted by Crippen LogP contribution is 2.23. The van der Waals surface area contributed by atoms with Crippen molar-refractivity contribution in [2.24, 2.45) is 0 Å². The van der Waals surface area contributed by atoms with Crippen molar-refractivity contribution < 1.29 is 4.79 Å². The number of nitrogens with one attached hydrogen (secondary N) is 1. The molecule has 0 fully saturated rings. The average molecular weight is 326 g/mol. The maximum Gasteiger partial charge on any atom is 0.253 e. The van der Waals surface area contributed by atoms with Crippen LogP contribution in [0.25, 0.3) is 5.13 Å². The third-order valence-electron chi connectivity index (χ3n) is 3.84. The lowest BCUT2D eigenvalue weighted by atomic mass is 10.1. The third kappa shape index (κ3) is 3.03. The lowest BCUT2D eigenvalue weighted by Gasteiger charge is -2.14. The molecule has 0 aliphatic carbocycles. The summed E-state index contributed by atoms with van der Waals surface area (Å²) in [5.74, 6) is -0.0785. The lowest BCUT2D eigenvalue weighted by Crippen LogP contribution is -2.27. The summed E-state index contributed by atoms with van der Waals surface area (Å²) in [4.78, 5) is 21.0. The van der Waals surface area contributed by atoms with Crippen LogP contribution in [0.1, 0.15) is 40.3 Å². The molecule has 3 heterocycles. The summed E-state index contributed by atoms with van der Waals surface area (Å²) >= 11 is 1.55. The lowest BCUT2D eigenvalue weighted by molar-refractivity contribution is 0.0939. The maximum atomic E-state index is 12.6. The average Bonchev–Trinajstić information content (AvgIpc) is 3.16. The SMILES string of the molecule is Cc1cc(C(=O)NC(C)c2ccncc2)c(C)n1-c1nccs1.